The predicted octanol–water partition coefficient (Wildman–Crippen LogP) is 4.12. The van der Waals surface area contributed by atoms with Gasteiger partial charge in [-0.15, -0.1) is 0 Å². The second-order valence-electron chi connectivity index (χ2n) is 5.82. The summed E-state index contributed by atoms with van der Waals surface area (Å²) in [6.45, 7) is 8.96. The summed E-state index contributed by atoms with van der Waals surface area (Å²) in [4.78, 5) is 11.9. The topological polar surface area (TPSA) is 50.4 Å². The Bertz CT molecular complexity index is 696. The molecule has 0 aliphatic rings. The smallest absolute Gasteiger partial charge is 0.319 e. The van der Waals surface area contributed by atoms with Crippen LogP contribution in [0.1, 0.15) is 22.3 Å². The van der Waals surface area contributed by atoms with Crippen LogP contribution < -0.4 is 15.4 Å². The number of urea groups is 1. The standard InChI is InChI=1S/C19H24N2O2/c1-13-5-7-17(15(3)11-13)21-19(22)20-9-10-23-18-8-6-14(2)12-16(18)4/h5-8,11-12H,9-10H2,1-4H3,(H2,20,21,22). The van der Waals surface area contributed by atoms with Gasteiger partial charge in [-0.1, -0.05) is 35.4 Å². The van der Waals surface area contributed by atoms with E-state index < -0.39 is 0 Å². The molecule has 0 radical (unpaired) electrons. The van der Waals surface area contributed by atoms with Gasteiger partial charge in [-0.2, -0.15) is 0 Å². The van der Waals surface area contributed by atoms with Gasteiger partial charge in [0, 0.05) is 5.69 Å². The van der Waals surface area contributed by atoms with Gasteiger partial charge in [0.1, 0.15) is 12.4 Å². The molecule has 0 aromatic heterocycles. The molecule has 0 heterocycles. The Morgan fingerprint density at radius 1 is 0.957 bits per heavy atom. The number of anilines is 1. The van der Waals surface area contributed by atoms with Gasteiger partial charge in [0.05, 0.1) is 6.54 Å². The third kappa shape index (κ3) is 5.02. The molecule has 0 aliphatic heterocycles. The van der Waals surface area contributed by atoms with Crippen molar-refractivity contribution in [3.8, 4) is 5.75 Å². The molecule has 0 spiro atoms. The first-order chi connectivity index (χ1) is 11.0. The maximum absolute atomic E-state index is 11.9. The molecule has 0 fully saturated rings. The number of nitrogens with one attached hydrogen (secondary N) is 2. The maximum Gasteiger partial charge on any atom is 0.319 e. The predicted molar refractivity (Wildman–Crippen MR) is 94.3 cm³/mol. The lowest BCUT2D eigenvalue weighted by Gasteiger charge is -2.12. The van der Waals surface area contributed by atoms with Crippen molar-refractivity contribution in [2.24, 2.45) is 0 Å². The lowest BCUT2D eigenvalue weighted by Crippen LogP contribution is -2.32. The zero-order chi connectivity index (χ0) is 16.8. The second-order valence-corrected chi connectivity index (χ2v) is 5.82. The van der Waals surface area contributed by atoms with E-state index >= 15 is 0 Å². The SMILES string of the molecule is Cc1ccc(NC(=O)NCCOc2ccc(C)cc2C)c(C)c1. The lowest BCUT2D eigenvalue weighted by molar-refractivity contribution is 0.247. The molecule has 4 nitrogen and oxygen atoms in total. The molecule has 0 aliphatic carbocycles. The molecule has 23 heavy (non-hydrogen) atoms. The Labute approximate surface area is 137 Å². The van der Waals surface area contributed by atoms with Crippen LogP contribution in [0.25, 0.3) is 0 Å². The van der Waals surface area contributed by atoms with Gasteiger partial charge >= 0.3 is 6.03 Å². The number of rotatable bonds is 5. The van der Waals surface area contributed by atoms with Crippen LogP contribution in [-0.4, -0.2) is 19.2 Å². The summed E-state index contributed by atoms with van der Waals surface area (Å²) < 4.78 is 5.69. The summed E-state index contributed by atoms with van der Waals surface area (Å²) in [6, 6.07) is 11.8. The molecule has 0 saturated carbocycles. The summed E-state index contributed by atoms with van der Waals surface area (Å²) in [7, 11) is 0. The van der Waals surface area contributed by atoms with Crippen LogP contribution in [0.2, 0.25) is 0 Å². The number of hydrogen-bond donors (Lipinski definition) is 2. The van der Waals surface area contributed by atoms with Gasteiger partial charge in [0.25, 0.3) is 0 Å². The fourth-order valence-corrected chi connectivity index (χ4v) is 2.41. The van der Waals surface area contributed by atoms with E-state index in [4.69, 9.17) is 4.74 Å². The molecule has 0 bridgehead atoms. The van der Waals surface area contributed by atoms with Gasteiger partial charge in [-0.25, -0.2) is 4.79 Å². The van der Waals surface area contributed by atoms with Crippen molar-refractivity contribution in [3.05, 3.63) is 58.7 Å². The van der Waals surface area contributed by atoms with Crippen LogP contribution in [0.5, 0.6) is 5.75 Å². The first-order valence-corrected chi connectivity index (χ1v) is 7.78. The number of aryl methyl sites for hydroxylation is 4. The summed E-state index contributed by atoms with van der Waals surface area (Å²) in [6.07, 6.45) is 0. The van der Waals surface area contributed by atoms with Crippen molar-refractivity contribution in [2.45, 2.75) is 27.7 Å². The number of carbonyl (C=O) groups excluding carboxylic acids is 1. The number of carbonyl (C=O) groups is 1. The first kappa shape index (κ1) is 16.9. The quantitative estimate of drug-likeness (QED) is 0.816. The molecule has 2 aromatic rings. The van der Waals surface area contributed by atoms with Crippen molar-refractivity contribution in [2.75, 3.05) is 18.5 Å². The van der Waals surface area contributed by atoms with E-state index in [1.807, 2.05) is 51.1 Å². The second kappa shape index (κ2) is 7.68. The van der Waals surface area contributed by atoms with Crippen LogP contribution in [-0.2, 0) is 0 Å². The Balaban J connectivity index is 1.76. The van der Waals surface area contributed by atoms with Crippen LogP contribution in [0.4, 0.5) is 10.5 Å². The lowest BCUT2D eigenvalue weighted by atomic mass is 10.1. The molecule has 2 rings (SSSR count). The molecule has 2 aromatic carbocycles. The van der Waals surface area contributed by atoms with E-state index in [0.717, 1.165) is 22.6 Å². The molecular weight excluding hydrogens is 288 g/mol. The van der Waals surface area contributed by atoms with Crippen LogP contribution in [0.3, 0.4) is 0 Å². The number of amides is 2. The minimum absolute atomic E-state index is 0.221. The molecule has 4 heteroatoms. The average molecular weight is 312 g/mol. The average Bonchev–Trinajstić information content (AvgIpc) is 2.48. The molecule has 2 N–H and O–H groups in total. The number of benzene rings is 2. The Morgan fingerprint density at radius 3 is 2.26 bits per heavy atom. The Kier molecular flexibility index (Phi) is 5.63. The summed E-state index contributed by atoms with van der Waals surface area (Å²) in [5.41, 5.74) is 5.36. The molecule has 0 unspecified atom stereocenters. The van der Waals surface area contributed by atoms with Gasteiger partial charge in [0.15, 0.2) is 0 Å². The van der Waals surface area contributed by atoms with Crippen molar-refractivity contribution in [1.82, 2.24) is 5.32 Å². The van der Waals surface area contributed by atoms with Crippen molar-refractivity contribution in [1.29, 1.82) is 0 Å². The highest BCUT2D eigenvalue weighted by Crippen LogP contribution is 2.18. The highest BCUT2D eigenvalue weighted by Gasteiger charge is 2.04. The van der Waals surface area contributed by atoms with Crippen molar-refractivity contribution >= 4 is 11.7 Å². The van der Waals surface area contributed by atoms with Gasteiger partial charge < -0.3 is 15.4 Å². The first-order valence-electron chi connectivity index (χ1n) is 7.78. The maximum atomic E-state index is 11.9. The van der Waals surface area contributed by atoms with E-state index in [-0.39, 0.29) is 6.03 Å². The van der Waals surface area contributed by atoms with E-state index in [0.29, 0.717) is 13.2 Å². The highest BCUT2D eigenvalue weighted by molar-refractivity contribution is 5.90. The van der Waals surface area contributed by atoms with Crippen LogP contribution >= 0.6 is 0 Å². The van der Waals surface area contributed by atoms with Crippen LogP contribution in [0.15, 0.2) is 36.4 Å². The fraction of sp³-hybridized carbons (Fsp3) is 0.316. The number of ether oxygens (including phenoxy) is 1. The zero-order valence-corrected chi connectivity index (χ0v) is 14.2. The Hall–Kier alpha value is -2.49. The summed E-state index contributed by atoms with van der Waals surface area (Å²) >= 11 is 0. The van der Waals surface area contributed by atoms with Gasteiger partial charge in [0.2, 0.25) is 0 Å². The van der Waals surface area contributed by atoms with Crippen LogP contribution in [0, 0.1) is 27.7 Å². The summed E-state index contributed by atoms with van der Waals surface area (Å²) in [5, 5.41) is 5.65. The van der Waals surface area contributed by atoms with E-state index in [1.165, 1.54) is 11.1 Å². The third-order valence-corrected chi connectivity index (χ3v) is 3.61. The minimum Gasteiger partial charge on any atom is -0.491 e. The molecule has 122 valence electrons. The Morgan fingerprint density at radius 2 is 1.61 bits per heavy atom. The fourth-order valence-electron chi connectivity index (χ4n) is 2.41. The monoisotopic (exact) mass is 312 g/mol. The van der Waals surface area contributed by atoms with Gasteiger partial charge in [-0.3, -0.25) is 0 Å². The van der Waals surface area contributed by atoms with E-state index in [2.05, 4.69) is 23.6 Å². The molecule has 2 amide bonds. The zero-order valence-electron chi connectivity index (χ0n) is 14.2. The van der Waals surface area contributed by atoms with Crippen molar-refractivity contribution in [3.63, 3.8) is 0 Å². The van der Waals surface area contributed by atoms with Gasteiger partial charge in [-0.05, 0) is 51.0 Å². The van der Waals surface area contributed by atoms with Crippen molar-refractivity contribution < 1.29 is 9.53 Å². The summed E-state index contributed by atoms with van der Waals surface area (Å²) in [5.74, 6) is 0.854. The molecule has 0 atom stereocenters. The largest absolute Gasteiger partial charge is 0.491 e. The minimum atomic E-state index is -0.221. The molecular formula is C19H24N2O2. The third-order valence-electron chi connectivity index (χ3n) is 3.61. The highest BCUT2D eigenvalue weighted by atomic mass is 16.5. The number of hydrogen-bond acceptors (Lipinski definition) is 2. The van der Waals surface area contributed by atoms with E-state index in [9.17, 15) is 4.79 Å². The normalized spacial score (nSPS) is 10.3. The van der Waals surface area contributed by atoms with E-state index in [1.54, 1.807) is 0 Å². The molecule has 0 saturated heterocycles.